The third-order valence-corrected chi connectivity index (χ3v) is 5.57. The second-order valence-corrected chi connectivity index (χ2v) is 7.35. The fraction of sp³-hybridized carbons (Fsp3) is 0.235. The van der Waals surface area contributed by atoms with Crippen LogP contribution in [0.25, 0.3) is 21.5 Å². The van der Waals surface area contributed by atoms with Crippen molar-refractivity contribution in [2.75, 3.05) is 17.6 Å². The lowest BCUT2D eigenvalue weighted by atomic mass is 10.1. The van der Waals surface area contributed by atoms with E-state index in [9.17, 15) is 4.79 Å². The van der Waals surface area contributed by atoms with E-state index in [2.05, 4.69) is 22.2 Å². The van der Waals surface area contributed by atoms with E-state index in [0.29, 0.717) is 42.5 Å². The van der Waals surface area contributed by atoms with Gasteiger partial charge in [-0.15, -0.1) is 11.3 Å². The molecule has 0 atom stereocenters. The monoisotopic (exact) mass is 394 g/mol. The largest absolute Gasteiger partial charge is 0.397 e. The van der Waals surface area contributed by atoms with Crippen LogP contribution in [0.2, 0.25) is 10.0 Å². The van der Waals surface area contributed by atoms with Crippen molar-refractivity contribution in [2.45, 2.75) is 20.3 Å². The van der Waals surface area contributed by atoms with Gasteiger partial charge in [0.1, 0.15) is 4.83 Å². The summed E-state index contributed by atoms with van der Waals surface area (Å²) in [5, 5.41) is 4.73. The lowest BCUT2D eigenvalue weighted by Crippen LogP contribution is -2.05. The van der Waals surface area contributed by atoms with Crippen LogP contribution in [0.3, 0.4) is 0 Å². The highest BCUT2D eigenvalue weighted by atomic mass is 35.5. The molecule has 3 N–H and O–H groups in total. The van der Waals surface area contributed by atoms with E-state index in [1.54, 1.807) is 12.1 Å². The van der Waals surface area contributed by atoms with Gasteiger partial charge in [-0.2, -0.15) is 0 Å². The second kappa shape index (κ2) is 7.15. The minimum absolute atomic E-state index is 0.0938. The third-order valence-electron chi connectivity index (χ3n) is 3.63. The van der Waals surface area contributed by atoms with Crippen LogP contribution >= 0.6 is 34.5 Å². The number of rotatable bonds is 5. The molecule has 0 unspecified atom stereocenters. The Hall–Kier alpha value is -1.89. The third kappa shape index (κ3) is 3.42. The number of ketones is 1. The molecule has 0 spiro atoms. The summed E-state index contributed by atoms with van der Waals surface area (Å²) in [7, 11) is 0. The van der Waals surface area contributed by atoms with Crippen molar-refractivity contribution in [3.8, 4) is 11.3 Å². The van der Waals surface area contributed by atoms with Crippen molar-refractivity contribution in [3.63, 3.8) is 0 Å². The fourth-order valence-electron chi connectivity index (χ4n) is 2.45. The van der Waals surface area contributed by atoms with Gasteiger partial charge in [0.2, 0.25) is 5.95 Å². The highest BCUT2D eigenvalue weighted by Gasteiger charge is 2.20. The molecule has 0 fully saturated rings. The van der Waals surface area contributed by atoms with Gasteiger partial charge in [-0.1, -0.05) is 36.2 Å². The molecule has 8 heteroatoms. The topological polar surface area (TPSA) is 80.9 Å². The Bertz CT molecular complexity index is 971. The van der Waals surface area contributed by atoms with E-state index in [1.165, 1.54) is 18.3 Å². The number of hydrogen-bond donors (Lipinski definition) is 2. The van der Waals surface area contributed by atoms with Crippen molar-refractivity contribution in [1.82, 2.24) is 9.97 Å². The van der Waals surface area contributed by atoms with Crippen molar-refractivity contribution in [3.05, 3.63) is 33.1 Å². The van der Waals surface area contributed by atoms with E-state index >= 15 is 0 Å². The first-order valence-corrected chi connectivity index (χ1v) is 9.29. The molecule has 0 saturated carbocycles. The Morgan fingerprint density at radius 3 is 2.68 bits per heavy atom. The minimum atomic E-state index is -0.0938. The number of anilines is 2. The molecule has 3 aromatic rings. The molecule has 0 aliphatic rings. The number of nitrogens with zero attached hydrogens (tertiary/aromatic N) is 2. The molecule has 0 amide bonds. The summed E-state index contributed by atoms with van der Waals surface area (Å²) in [6.45, 7) is 4.29. The first kappa shape index (κ1) is 17.9. The van der Waals surface area contributed by atoms with Crippen molar-refractivity contribution in [1.29, 1.82) is 0 Å². The zero-order valence-corrected chi connectivity index (χ0v) is 16.0. The van der Waals surface area contributed by atoms with E-state index < -0.39 is 0 Å². The fourth-order valence-corrected chi connectivity index (χ4v) is 3.74. The van der Waals surface area contributed by atoms with Gasteiger partial charge in [0.25, 0.3) is 0 Å². The number of benzene rings is 1. The molecule has 0 bridgehead atoms. The van der Waals surface area contributed by atoms with E-state index in [4.69, 9.17) is 28.9 Å². The van der Waals surface area contributed by atoms with Crippen LogP contribution in [-0.2, 0) is 0 Å². The van der Waals surface area contributed by atoms with E-state index in [0.717, 1.165) is 18.5 Å². The van der Waals surface area contributed by atoms with Crippen LogP contribution in [0, 0.1) is 0 Å². The Morgan fingerprint density at radius 1 is 1.28 bits per heavy atom. The smallest absolute Gasteiger partial charge is 0.224 e. The number of Topliss-reactive ketones (excluding diaryl/α,β-unsaturated/α-hetero) is 1. The number of aromatic nitrogens is 2. The maximum absolute atomic E-state index is 11.9. The number of nitrogen functional groups attached to an aromatic ring is 1. The molecule has 0 aliphatic carbocycles. The van der Waals surface area contributed by atoms with Crippen LogP contribution in [0.15, 0.2) is 18.2 Å². The first-order chi connectivity index (χ1) is 11.9. The van der Waals surface area contributed by atoms with Gasteiger partial charge in [0.15, 0.2) is 5.78 Å². The summed E-state index contributed by atoms with van der Waals surface area (Å²) in [6.07, 6.45) is 0.939. The normalized spacial score (nSPS) is 11.0. The van der Waals surface area contributed by atoms with Crippen molar-refractivity contribution >= 4 is 62.2 Å². The Labute approximate surface area is 159 Å². The van der Waals surface area contributed by atoms with Gasteiger partial charge in [-0.25, -0.2) is 9.97 Å². The SMILES string of the molecule is CCCNc1nc(-c2ccc(Cl)c(Cl)c2)c2c(N)c(C(C)=O)sc2n1. The lowest BCUT2D eigenvalue weighted by molar-refractivity contribution is 0.102. The maximum Gasteiger partial charge on any atom is 0.224 e. The summed E-state index contributed by atoms with van der Waals surface area (Å²) in [4.78, 5) is 22.1. The van der Waals surface area contributed by atoms with Crippen LogP contribution in [0.5, 0.6) is 0 Å². The molecule has 3 rings (SSSR count). The summed E-state index contributed by atoms with van der Waals surface area (Å²) >= 11 is 13.4. The summed E-state index contributed by atoms with van der Waals surface area (Å²) in [5.74, 6) is 0.399. The number of carbonyl (C=O) groups is 1. The predicted octanol–water partition coefficient (Wildman–Crippen LogP) is 5.27. The molecule has 5 nitrogen and oxygen atoms in total. The molecule has 1 aromatic carbocycles. The van der Waals surface area contributed by atoms with Gasteiger partial charge in [-0.05, 0) is 18.6 Å². The lowest BCUT2D eigenvalue weighted by Gasteiger charge is -2.09. The molecule has 130 valence electrons. The molecular weight excluding hydrogens is 379 g/mol. The van der Waals surface area contributed by atoms with E-state index in [-0.39, 0.29) is 5.78 Å². The molecular formula is C17H16Cl2N4OS. The highest BCUT2D eigenvalue weighted by Crippen LogP contribution is 2.40. The summed E-state index contributed by atoms with van der Waals surface area (Å²) in [5.41, 5.74) is 8.02. The standard InChI is InChI=1S/C17H16Cl2N4OS/c1-3-6-21-17-22-14(9-4-5-10(18)11(19)7-9)12-13(20)15(8(2)24)25-16(12)23-17/h4-5,7H,3,6,20H2,1-2H3,(H,21,22,23). The van der Waals surface area contributed by atoms with Gasteiger partial charge in [-0.3, -0.25) is 4.79 Å². The number of nitrogens with one attached hydrogen (secondary N) is 1. The molecule has 25 heavy (non-hydrogen) atoms. The van der Waals surface area contributed by atoms with Crippen LogP contribution < -0.4 is 11.1 Å². The van der Waals surface area contributed by atoms with Crippen molar-refractivity contribution in [2.24, 2.45) is 0 Å². The van der Waals surface area contributed by atoms with Gasteiger partial charge in [0, 0.05) is 19.0 Å². The number of nitrogens with two attached hydrogens (primary N) is 1. The number of carbonyl (C=O) groups excluding carboxylic acids is 1. The first-order valence-electron chi connectivity index (χ1n) is 7.72. The zero-order valence-electron chi connectivity index (χ0n) is 13.7. The van der Waals surface area contributed by atoms with Gasteiger partial charge in [0.05, 0.1) is 31.7 Å². The van der Waals surface area contributed by atoms with E-state index in [1.807, 2.05) is 6.07 Å². The van der Waals surface area contributed by atoms with Crippen molar-refractivity contribution < 1.29 is 4.79 Å². The van der Waals surface area contributed by atoms with Gasteiger partial charge >= 0.3 is 0 Å². The van der Waals surface area contributed by atoms with Crippen LogP contribution in [0.4, 0.5) is 11.6 Å². The van der Waals surface area contributed by atoms with Crippen LogP contribution in [0.1, 0.15) is 29.9 Å². The van der Waals surface area contributed by atoms with Crippen LogP contribution in [-0.4, -0.2) is 22.3 Å². The number of fused-ring (bicyclic) bond motifs is 1. The van der Waals surface area contributed by atoms with Gasteiger partial charge < -0.3 is 11.1 Å². The molecule has 2 aromatic heterocycles. The molecule has 0 radical (unpaired) electrons. The number of halogens is 2. The molecule has 2 heterocycles. The number of thiophene rings is 1. The Morgan fingerprint density at radius 2 is 2.04 bits per heavy atom. The summed E-state index contributed by atoms with van der Waals surface area (Å²) < 4.78 is 0. The number of hydrogen-bond acceptors (Lipinski definition) is 6. The molecule has 0 saturated heterocycles. The highest BCUT2D eigenvalue weighted by molar-refractivity contribution is 7.21. The summed E-state index contributed by atoms with van der Waals surface area (Å²) in [6, 6.07) is 5.27. The minimum Gasteiger partial charge on any atom is -0.397 e. The zero-order chi connectivity index (χ0) is 18.1. The predicted molar refractivity (Wildman–Crippen MR) is 106 cm³/mol. The quantitative estimate of drug-likeness (QED) is 0.575. The maximum atomic E-state index is 11.9. The second-order valence-electron chi connectivity index (χ2n) is 5.53. The average molecular weight is 395 g/mol. The average Bonchev–Trinajstić information content (AvgIpc) is 2.92. The Kier molecular flexibility index (Phi) is 5.13. The molecule has 0 aliphatic heterocycles. The Balaban J connectivity index is 2.29.